The average molecular weight is 273 g/mol. The highest BCUT2D eigenvalue weighted by Crippen LogP contribution is 2.43. The maximum Gasteiger partial charge on any atom is 0.138 e. The van der Waals surface area contributed by atoms with Crippen molar-refractivity contribution in [2.75, 3.05) is 11.9 Å². The Labute approximate surface area is 117 Å². The monoisotopic (exact) mass is 273 g/mol. The number of thiophene rings is 1. The molecule has 2 aromatic rings. The molecule has 1 saturated carbocycles. The zero-order valence-electron chi connectivity index (χ0n) is 11.3. The van der Waals surface area contributed by atoms with Crippen LogP contribution in [-0.2, 0) is 12.8 Å². The van der Waals surface area contributed by atoms with Gasteiger partial charge in [-0.3, -0.25) is 0 Å². The Bertz CT molecular complexity index is 628. The first-order valence-corrected chi connectivity index (χ1v) is 8.24. The maximum atomic E-state index is 4.84. The standard InChI is InChI=1S/C15H19N3S/c1-2-8-16-14-12-10-4-3-5-11(10)19-15(12)18-13(17-14)9-6-7-9/h9H,2-8H2,1H3,(H,16,17,18). The van der Waals surface area contributed by atoms with Crippen molar-refractivity contribution >= 4 is 27.4 Å². The Morgan fingerprint density at radius 1 is 1.26 bits per heavy atom. The van der Waals surface area contributed by atoms with E-state index >= 15 is 0 Å². The molecule has 2 heterocycles. The van der Waals surface area contributed by atoms with Gasteiger partial charge < -0.3 is 5.32 Å². The Morgan fingerprint density at radius 3 is 2.95 bits per heavy atom. The number of hydrogen-bond acceptors (Lipinski definition) is 4. The predicted octanol–water partition coefficient (Wildman–Crippen LogP) is 3.88. The lowest BCUT2D eigenvalue weighted by Crippen LogP contribution is -2.05. The summed E-state index contributed by atoms with van der Waals surface area (Å²) in [5.41, 5.74) is 1.53. The molecule has 0 unspecified atom stereocenters. The fourth-order valence-corrected chi connectivity index (χ4v) is 4.18. The third-order valence-electron chi connectivity index (χ3n) is 4.07. The summed E-state index contributed by atoms with van der Waals surface area (Å²) in [6.07, 6.45) is 7.42. The third kappa shape index (κ3) is 1.93. The van der Waals surface area contributed by atoms with E-state index in [1.54, 1.807) is 4.88 Å². The zero-order chi connectivity index (χ0) is 12.8. The zero-order valence-corrected chi connectivity index (χ0v) is 12.1. The lowest BCUT2D eigenvalue weighted by atomic mass is 10.2. The van der Waals surface area contributed by atoms with E-state index in [0.29, 0.717) is 5.92 Å². The molecule has 0 amide bonds. The van der Waals surface area contributed by atoms with Gasteiger partial charge in [0.05, 0.1) is 5.39 Å². The molecule has 2 aliphatic rings. The summed E-state index contributed by atoms with van der Waals surface area (Å²) in [6.45, 7) is 3.20. The summed E-state index contributed by atoms with van der Waals surface area (Å²) in [5, 5.41) is 4.86. The Balaban J connectivity index is 1.87. The van der Waals surface area contributed by atoms with Crippen molar-refractivity contribution in [2.45, 2.75) is 51.4 Å². The normalized spacial score (nSPS) is 17.9. The molecule has 100 valence electrons. The molecule has 0 spiro atoms. The van der Waals surface area contributed by atoms with Gasteiger partial charge in [-0.2, -0.15) is 0 Å². The van der Waals surface area contributed by atoms with E-state index in [0.717, 1.165) is 24.6 Å². The van der Waals surface area contributed by atoms with Gasteiger partial charge in [0.25, 0.3) is 0 Å². The first-order valence-electron chi connectivity index (χ1n) is 7.43. The van der Waals surface area contributed by atoms with Crippen LogP contribution in [0, 0.1) is 0 Å². The summed E-state index contributed by atoms with van der Waals surface area (Å²) < 4.78 is 0. The van der Waals surface area contributed by atoms with Gasteiger partial charge in [-0.1, -0.05) is 6.92 Å². The van der Waals surface area contributed by atoms with Crippen LogP contribution in [0.3, 0.4) is 0 Å². The molecule has 0 saturated heterocycles. The molecule has 0 aromatic carbocycles. The fraction of sp³-hybridized carbons (Fsp3) is 0.600. The molecule has 19 heavy (non-hydrogen) atoms. The second kappa shape index (κ2) is 4.44. The molecule has 3 nitrogen and oxygen atoms in total. The molecule has 1 fully saturated rings. The molecule has 2 aliphatic carbocycles. The third-order valence-corrected chi connectivity index (χ3v) is 5.25. The number of fused-ring (bicyclic) bond motifs is 3. The maximum absolute atomic E-state index is 4.84. The van der Waals surface area contributed by atoms with Crippen LogP contribution in [-0.4, -0.2) is 16.5 Å². The van der Waals surface area contributed by atoms with E-state index in [1.165, 1.54) is 47.9 Å². The van der Waals surface area contributed by atoms with Crippen LogP contribution in [0.25, 0.3) is 10.2 Å². The molecule has 0 radical (unpaired) electrons. The van der Waals surface area contributed by atoms with E-state index in [-0.39, 0.29) is 0 Å². The number of nitrogens with one attached hydrogen (secondary N) is 1. The van der Waals surface area contributed by atoms with Crippen LogP contribution in [0.4, 0.5) is 5.82 Å². The van der Waals surface area contributed by atoms with Gasteiger partial charge in [-0.15, -0.1) is 11.3 Å². The van der Waals surface area contributed by atoms with Gasteiger partial charge in [-0.05, 0) is 44.1 Å². The highest BCUT2D eigenvalue weighted by Gasteiger charge is 2.29. The predicted molar refractivity (Wildman–Crippen MR) is 80.2 cm³/mol. The topological polar surface area (TPSA) is 37.8 Å². The van der Waals surface area contributed by atoms with E-state index in [2.05, 4.69) is 12.2 Å². The van der Waals surface area contributed by atoms with Gasteiger partial charge in [0.2, 0.25) is 0 Å². The number of nitrogens with zero attached hydrogens (tertiary/aromatic N) is 2. The SMILES string of the molecule is CCCNc1nc(C2CC2)nc2sc3c(c12)CCC3. The highest BCUT2D eigenvalue weighted by atomic mass is 32.1. The summed E-state index contributed by atoms with van der Waals surface area (Å²) in [7, 11) is 0. The first-order chi connectivity index (χ1) is 9.36. The van der Waals surface area contributed by atoms with Gasteiger partial charge in [0, 0.05) is 17.3 Å². The molecule has 4 rings (SSSR count). The van der Waals surface area contributed by atoms with Gasteiger partial charge in [0.15, 0.2) is 0 Å². The molecule has 1 N–H and O–H groups in total. The minimum Gasteiger partial charge on any atom is -0.369 e. The molecule has 0 aliphatic heterocycles. The van der Waals surface area contributed by atoms with Crippen molar-refractivity contribution in [2.24, 2.45) is 0 Å². The van der Waals surface area contributed by atoms with Crippen molar-refractivity contribution in [1.82, 2.24) is 9.97 Å². The molecule has 0 bridgehead atoms. The number of aryl methyl sites for hydroxylation is 2. The van der Waals surface area contributed by atoms with Crippen LogP contribution in [0.5, 0.6) is 0 Å². The number of rotatable bonds is 4. The van der Waals surface area contributed by atoms with Gasteiger partial charge in [-0.25, -0.2) is 9.97 Å². The minimum absolute atomic E-state index is 0.628. The van der Waals surface area contributed by atoms with Gasteiger partial charge >= 0.3 is 0 Å². The summed E-state index contributed by atoms with van der Waals surface area (Å²) in [4.78, 5) is 12.4. The first kappa shape index (κ1) is 11.6. The van der Waals surface area contributed by atoms with Crippen molar-refractivity contribution in [1.29, 1.82) is 0 Å². The van der Waals surface area contributed by atoms with Crippen molar-refractivity contribution < 1.29 is 0 Å². The largest absolute Gasteiger partial charge is 0.369 e. The van der Waals surface area contributed by atoms with E-state index in [1.807, 2.05) is 11.3 Å². The summed E-state index contributed by atoms with van der Waals surface area (Å²) in [5.74, 6) is 2.81. The Hall–Kier alpha value is -1.16. The molecule has 0 atom stereocenters. The molecular formula is C15H19N3S. The number of hydrogen-bond donors (Lipinski definition) is 1. The Morgan fingerprint density at radius 2 is 2.16 bits per heavy atom. The molecular weight excluding hydrogens is 254 g/mol. The summed E-state index contributed by atoms with van der Waals surface area (Å²) in [6, 6.07) is 0. The molecule has 2 aromatic heterocycles. The van der Waals surface area contributed by atoms with E-state index < -0.39 is 0 Å². The average Bonchev–Trinajstić information content (AvgIpc) is 3.07. The van der Waals surface area contributed by atoms with Crippen molar-refractivity contribution in [3.05, 3.63) is 16.3 Å². The minimum atomic E-state index is 0.628. The smallest absolute Gasteiger partial charge is 0.138 e. The van der Waals surface area contributed by atoms with Crippen LogP contribution >= 0.6 is 11.3 Å². The van der Waals surface area contributed by atoms with Crippen LogP contribution < -0.4 is 5.32 Å². The summed E-state index contributed by atoms with van der Waals surface area (Å²) >= 11 is 1.90. The van der Waals surface area contributed by atoms with E-state index in [4.69, 9.17) is 9.97 Å². The van der Waals surface area contributed by atoms with Crippen LogP contribution in [0.15, 0.2) is 0 Å². The fourth-order valence-electron chi connectivity index (χ4n) is 2.91. The van der Waals surface area contributed by atoms with Crippen LogP contribution in [0.1, 0.15) is 54.8 Å². The Kier molecular flexibility index (Phi) is 2.72. The number of anilines is 1. The number of aromatic nitrogens is 2. The second-order valence-corrected chi connectivity index (χ2v) is 6.75. The quantitative estimate of drug-likeness (QED) is 0.918. The van der Waals surface area contributed by atoms with Crippen molar-refractivity contribution in [3.63, 3.8) is 0 Å². The molecule has 4 heteroatoms. The highest BCUT2D eigenvalue weighted by molar-refractivity contribution is 7.19. The van der Waals surface area contributed by atoms with Gasteiger partial charge in [0.1, 0.15) is 16.5 Å². The van der Waals surface area contributed by atoms with E-state index in [9.17, 15) is 0 Å². The lowest BCUT2D eigenvalue weighted by Gasteiger charge is -2.08. The lowest BCUT2D eigenvalue weighted by molar-refractivity contribution is 0.911. The van der Waals surface area contributed by atoms with Crippen molar-refractivity contribution in [3.8, 4) is 0 Å². The van der Waals surface area contributed by atoms with Crippen LogP contribution in [0.2, 0.25) is 0 Å². The second-order valence-electron chi connectivity index (χ2n) is 5.67.